The van der Waals surface area contributed by atoms with Crippen molar-refractivity contribution in [3.63, 3.8) is 0 Å². The largest absolute Gasteiger partial charge is 0.444 e. The summed E-state index contributed by atoms with van der Waals surface area (Å²) in [5.41, 5.74) is -0.474. The van der Waals surface area contributed by atoms with Crippen LogP contribution in [0.15, 0.2) is 0 Å². The van der Waals surface area contributed by atoms with E-state index >= 15 is 0 Å². The van der Waals surface area contributed by atoms with Crippen LogP contribution in [0.3, 0.4) is 0 Å². The van der Waals surface area contributed by atoms with Gasteiger partial charge in [0.05, 0.1) is 18.8 Å². The number of rotatable bonds is 0. The van der Waals surface area contributed by atoms with Gasteiger partial charge in [-0.3, -0.25) is 0 Å². The molecule has 2 fully saturated rings. The molecule has 0 aromatic rings. The van der Waals surface area contributed by atoms with E-state index in [9.17, 15) is 4.79 Å². The number of hydrogen-bond donors (Lipinski definition) is 1. The molecule has 2 aliphatic rings. The molecule has 2 aliphatic heterocycles. The number of carbonyl (C=O) groups excluding carboxylic acids is 1. The Bertz CT molecular complexity index is 295. The minimum absolute atomic E-state index is 0.0343. The minimum Gasteiger partial charge on any atom is -0.444 e. The third kappa shape index (κ3) is 3.10. The maximum absolute atomic E-state index is 12.0. The summed E-state index contributed by atoms with van der Waals surface area (Å²) < 4.78 is 10.9. The van der Waals surface area contributed by atoms with E-state index in [1.165, 1.54) is 0 Å². The Morgan fingerprint density at radius 3 is 2.71 bits per heavy atom. The summed E-state index contributed by atoms with van der Waals surface area (Å²) in [4.78, 5) is 13.8. The molecule has 0 aromatic heterocycles. The van der Waals surface area contributed by atoms with Crippen molar-refractivity contribution in [2.24, 2.45) is 0 Å². The van der Waals surface area contributed by atoms with Crippen molar-refractivity contribution < 1.29 is 14.3 Å². The number of amides is 1. The van der Waals surface area contributed by atoms with Gasteiger partial charge in [-0.2, -0.15) is 0 Å². The molecule has 1 unspecified atom stereocenters. The van der Waals surface area contributed by atoms with Crippen LogP contribution in [-0.4, -0.2) is 55.0 Å². The first-order valence-electron chi connectivity index (χ1n) is 6.21. The molecule has 5 heteroatoms. The van der Waals surface area contributed by atoms with E-state index in [-0.39, 0.29) is 11.6 Å². The van der Waals surface area contributed by atoms with Gasteiger partial charge in [-0.05, 0) is 33.7 Å². The molecule has 2 heterocycles. The number of nitrogens with zero attached hydrogens (tertiary/aromatic N) is 1. The maximum Gasteiger partial charge on any atom is 0.410 e. The second-order valence-electron chi connectivity index (χ2n) is 5.91. The van der Waals surface area contributed by atoms with Crippen molar-refractivity contribution >= 4 is 6.09 Å². The van der Waals surface area contributed by atoms with E-state index in [0.717, 1.165) is 13.0 Å². The number of ether oxygens (including phenoxy) is 2. The Morgan fingerprint density at radius 1 is 1.47 bits per heavy atom. The monoisotopic (exact) mass is 242 g/mol. The minimum atomic E-state index is -0.440. The molecule has 0 aromatic carbocycles. The van der Waals surface area contributed by atoms with Crippen LogP contribution in [0.2, 0.25) is 0 Å². The number of carbonyl (C=O) groups is 1. The predicted molar refractivity (Wildman–Crippen MR) is 64.0 cm³/mol. The van der Waals surface area contributed by atoms with Gasteiger partial charge in [-0.1, -0.05) is 0 Å². The highest BCUT2D eigenvalue weighted by atomic mass is 16.6. The fourth-order valence-corrected chi connectivity index (χ4v) is 2.15. The van der Waals surface area contributed by atoms with Gasteiger partial charge in [0.1, 0.15) is 5.60 Å². The Morgan fingerprint density at radius 2 is 2.18 bits per heavy atom. The van der Waals surface area contributed by atoms with Crippen LogP contribution >= 0.6 is 0 Å². The maximum atomic E-state index is 12.0. The smallest absolute Gasteiger partial charge is 0.410 e. The third-order valence-electron chi connectivity index (χ3n) is 3.13. The second kappa shape index (κ2) is 4.46. The lowest BCUT2D eigenvalue weighted by Gasteiger charge is -2.43. The summed E-state index contributed by atoms with van der Waals surface area (Å²) >= 11 is 0. The summed E-state index contributed by atoms with van der Waals surface area (Å²) in [6.07, 6.45) is 0.822. The Hall–Kier alpha value is -0.810. The molecule has 0 saturated carbocycles. The fraction of sp³-hybridized carbons (Fsp3) is 0.917. The van der Waals surface area contributed by atoms with Crippen LogP contribution in [0.5, 0.6) is 0 Å². The number of hydrogen-bond acceptors (Lipinski definition) is 4. The molecular formula is C12H22N2O3. The lowest BCUT2D eigenvalue weighted by atomic mass is 9.88. The summed E-state index contributed by atoms with van der Waals surface area (Å²) in [5.74, 6) is 0. The molecule has 0 bridgehead atoms. The topological polar surface area (TPSA) is 50.8 Å². The SMILES string of the molecule is CC(C)(C)OC(=O)N1CCOCC2(CCN2)C1. The van der Waals surface area contributed by atoms with E-state index in [4.69, 9.17) is 9.47 Å². The molecule has 17 heavy (non-hydrogen) atoms. The Kier molecular flexibility index (Phi) is 3.32. The molecule has 0 aliphatic carbocycles. The molecule has 2 rings (SSSR count). The second-order valence-corrected chi connectivity index (χ2v) is 5.91. The predicted octanol–water partition coefficient (Wildman–Crippen LogP) is 0.986. The van der Waals surface area contributed by atoms with Gasteiger partial charge < -0.3 is 19.7 Å². The average Bonchev–Trinajstić information content (AvgIpc) is 2.35. The van der Waals surface area contributed by atoms with Gasteiger partial charge >= 0.3 is 6.09 Å². The van der Waals surface area contributed by atoms with Crippen molar-refractivity contribution in [1.29, 1.82) is 0 Å². The van der Waals surface area contributed by atoms with Crippen molar-refractivity contribution in [2.45, 2.75) is 38.3 Å². The molecule has 1 amide bonds. The summed E-state index contributed by atoms with van der Waals surface area (Å²) in [6.45, 7) is 9.23. The zero-order valence-corrected chi connectivity index (χ0v) is 10.9. The van der Waals surface area contributed by atoms with Crippen LogP contribution < -0.4 is 5.32 Å². The van der Waals surface area contributed by atoms with Crippen molar-refractivity contribution in [3.8, 4) is 0 Å². The van der Waals surface area contributed by atoms with E-state index in [2.05, 4.69) is 5.32 Å². The lowest BCUT2D eigenvalue weighted by molar-refractivity contribution is 0.0175. The van der Waals surface area contributed by atoms with Gasteiger partial charge in [-0.15, -0.1) is 0 Å². The van der Waals surface area contributed by atoms with Crippen LogP contribution in [0.4, 0.5) is 4.79 Å². The average molecular weight is 242 g/mol. The van der Waals surface area contributed by atoms with E-state index in [0.29, 0.717) is 26.3 Å². The van der Waals surface area contributed by atoms with Crippen molar-refractivity contribution in [2.75, 3.05) is 32.8 Å². The van der Waals surface area contributed by atoms with E-state index in [1.54, 1.807) is 4.90 Å². The van der Waals surface area contributed by atoms with Crippen LogP contribution in [0.25, 0.3) is 0 Å². The Labute approximate surface area is 102 Å². The van der Waals surface area contributed by atoms with E-state index in [1.807, 2.05) is 20.8 Å². The summed E-state index contributed by atoms with van der Waals surface area (Å²) in [7, 11) is 0. The summed E-state index contributed by atoms with van der Waals surface area (Å²) in [5, 5.41) is 3.37. The highest BCUT2D eigenvalue weighted by Gasteiger charge is 2.41. The van der Waals surface area contributed by atoms with Crippen molar-refractivity contribution in [1.82, 2.24) is 10.2 Å². The van der Waals surface area contributed by atoms with Gasteiger partial charge in [0.25, 0.3) is 0 Å². The van der Waals surface area contributed by atoms with Crippen LogP contribution in [0, 0.1) is 0 Å². The molecule has 1 N–H and O–H groups in total. The molecule has 98 valence electrons. The highest BCUT2D eigenvalue weighted by Crippen LogP contribution is 2.24. The zero-order valence-electron chi connectivity index (χ0n) is 10.9. The molecule has 5 nitrogen and oxygen atoms in total. The van der Waals surface area contributed by atoms with Crippen LogP contribution in [0.1, 0.15) is 27.2 Å². The number of nitrogens with one attached hydrogen (secondary N) is 1. The molecule has 0 radical (unpaired) electrons. The highest BCUT2D eigenvalue weighted by molar-refractivity contribution is 5.68. The molecule has 1 spiro atoms. The standard InChI is InChI=1S/C12H22N2O3/c1-11(2,3)17-10(15)14-6-7-16-9-12(8-14)4-5-13-12/h13H,4-9H2,1-3H3. The van der Waals surface area contributed by atoms with E-state index < -0.39 is 5.60 Å². The molecule has 1 atom stereocenters. The fourth-order valence-electron chi connectivity index (χ4n) is 2.15. The van der Waals surface area contributed by atoms with Gasteiger partial charge in [0, 0.05) is 13.1 Å². The van der Waals surface area contributed by atoms with Gasteiger partial charge in [0.2, 0.25) is 0 Å². The Balaban J connectivity index is 1.97. The van der Waals surface area contributed by atoms with Gasteiger partial charge in [-0.25, -0.2) is 4.79 Å². The lowest BCUT2D eigenvalue weighted by Crippen LogP contribution is -2.65. The zero-order chi connectivity index (χ0) is 12.5. The first kappa shape index (κ1) is 12.6. The quantitative estimate of drug-likeness (QED) is 0.688. The first-order valence-corrected chi connectivity index (χ1v) is 6.21. The third-order valence-corrected chi connectivity index (χ3v) is 3.13. The summed E-state index contributed by atoms with van der Waals surface area (Å²) in [6, 6.07) is 0. The van der Waals surface area contributed by atoms with Crippen molar-refractivity contribution in [3.05, 3.63) is 0 Å². The first-order chi connectivity index (χ1) is 7.90. The molecule has 2 saturated heterocycles. The van der Waals surface area contributed by atoms with Gasteiger partial charge in [0.15, 0.2) is 0 Å². The normalized spacial score (nSPS) is 29.7. The molecular weight excluding hydrogens is 220 g/mol. The van der Waals surface area contributed by atoms with Crippen LogP contribution in [-0.2, 0) is 9.47 Å².